The number of amides is 3. The maximum atomic E-state index is 14.2. The zero-order valence-corrected chi connectivity index (χ0v) is 22.5. The average molecular weight is 550 g/mol. The fourth-order valence-electron chi connectivity index (χ4n) is 6.70. The van der Waals surface area contributed by atoms with Gasteiger partial charge in [-0.1, -0.05) is 67.3 Å². The molecule has 5 atom stereocenters. The molecule has 2 aromatic carbocycles. The Bertz CT molecular complexity index is 1330. The van der Waals surface area contributed by atoms with Crippen LogP contribution in [0.5, 0.6) is 5.75 Å². The molecule has 3 fully saturated rings. The number of hydrogen-bond acceptors (Lipinski definition) is 5. The van der Waals surface area contributed by atoms with Crippen molar-refractivity contribution in [2.75, 3.05) is 12.4 Å². The molecular weight excluding hydrogens is 518 g/mol. The van der Waals surface area contributed by atoms with Gasteiger partial charge in [0.05, 0.1) is 25.0 Å². The smallest absolute Gasteiger partial charge is 0.246 e. The number of benzene rings is 2. The Morgan fingerprint density at radius 2 is 1.90 bits per heavy atom. The van der Waals surface area contributed by atoms with Crippen LogP contribution in [0.1, 0.15) is 37.7 Å². The fourth-order valence-corrected chi connectivity index (χ4v) is 6.90. The second-order valence-electron chi connectivity index (χ2n) is 10.8. The number of nitrogens with one attached hydrogen (secondary N) is 2. The Kier molecular flexibility index (Phi) is 6.85. The lowest BCUT2D eigenvalue weighted by atomic mass is 9.74. The number of rotatable bonds is 7. The summed E-state index contributed by atoms with van der Waals surface area (Å²) in [6, 6.07) is 13.5. The van der Waals surface area contributed by atoms with Gasteiger partial charge < -0.3 is 25.0 Å². The molecule has 39 heavy (non-hydrogen) atoms. The number of carbonyl (C=O) groups excluding carboxylic acids is 3. The van der Waals surface area contributed by atoms with Gasteiger partial charge >= 0.3 is 0 Å². The summed E-state index contributed by atoms with van der Waals surface area (Å²) in [6.45, 7) is 0.144. The van der Waals surface area contributed by atoms with Gasteiger partial charge in [-0.25, -0.2) is 0 Å². The molecule has 3 aliphatic heterocycles. The molecule has 1 aliphatic carbocycles. The molecule has 3 amide bonds. The molecular formula is C30H32ClN3O5. The van der Waals surface area contributed by atoms with Gasteiger partial charge in [-0.2, -0.15) is 0 Å². The molecule has 4 aliphatic rings. The first-order valence-electron chi connectivity index (χ1n) is 13.6. The van der Waals surface area contributed by atoms with Crippen LogP contribution in [0.15, 0.2) is 60.7 Å². The molecule has 2 aromatic rings. The van der Waals surface area contributed by atoms with Crippen LogP contribution in [0.3, 0.4) is 0 Å². The van der Waals surface area contributed by atoms with Crippen LogP contribution < -0.4 is 15.4 Å². The SMILES string of the molecule is COc1cccc(NC(=O)[C@H]2[C@H]3C=C[C@@]4(O3)[C@H]2C(=O)N(Cc2ccccc2Cl)[C@@H]4C(=O)NC2CCCCC2)c1. The van der Waals surface area contributed by atoms with Gasteiger partial charge in [-0.3, -0.25) is 14.4 Å². The van der Waals surface area contributed by atoms with E-state index in [0.717, 1.165) is 37.7 Å². The molecule has 2 N–H and O–H groups in total. The van der Waals surface area contributed by atoms with Crippen LogP contribution in [-0.2, 0) is 25.7 Å². The number of ether oxygens (including phenoxy) is 2. The third-order valence-corrected chi connectivity index (χ3v) is 8.88. The first kappa shape index (κ1) is 25.9. The highest BCUT2D eigenvalue weighted by Gasteiger charge is 2.72. The molecule has 204 valence electrons. The van der Waals surface area contributed by atoms with Gasteiger partial charge in [-0.15, -0.1) is 0 Å². The van der Waals surface area contributed by atoms with E-state index in [1.54, 1.807) is 42.3 Å². The molecule has 9 heteroatoms. The summed E-state index contributed by atoms with van der Waals surface area (Å²) in [5.41, 5.74) is 0.0680. The molecule has 1 spiro atoms. The number of carbonyl (C=O) groups is 3. The zero-order valence-electron chi connectivity index (χ0n) is 21.8. The molecule has 8 nitrogen and oxygen atoms in total. The predicted octanol–water partition coefficient (Wildman–Crippen LogP) is 4.09. The third kappa shape index (κ3) is 4.49. The van der Waals surface area contributed by atoms with Gasteiger partial charge in [0.25, 0.3) is 0 Å². The number of hydrogen-bond donors (Lipinski definition) is 2. The second kappa shape index (κ2) is 10.3. The molecule has 2 saturated heterocycles. The second-order valence-corrected chi connectivity index (χ2v) is 11.2. The summed E-state index contributed by atoms with van der Waals surface area (Å²) >= 11 is 6.47. The minimum absolute atomic E-state index is 0.0636. The molecule has 0 aromatic heterocycles. The van der Waals surface area contributed by atoms with E-state index >= 15 is 0 Å². The standard InChI is InChI=1S/C30H32ClN3O5/c1-38-21-12-7-11-20(16-21)33-27(35)24-23-14-15-30(39-23)25(24)29(37)34(17-18-8-5-6-13-22(18)31)26(30)28(36)32-19-9-3-2-4-10-19/h5-8,11-16,19,23-26H,2-4,9-10,17H2,1H3,(H,32,36)(H,33,35)/t23-,24+,25-,26-,30-/m1/s1. The van der Waals surface area contributed by atoms with Crippen molar-refractivity contribution >= 4 is 35.0 Å². The van der Waals surface area contributed by atoms with E-state index in [-0.39, 0.29) is 30.3 Å². The van der Waals surface area contributed by atoms with E-state index in [9.17, 15) is 14.4 Å². The number of methoxy groups -OCH3 is 1. The van der Waals surface area contributed by atoms with Crippen molar-refractivity contribution in [2.45, 2.75) is 62.4 Å². The van der Waals surface area contributed by atoms with Crippen molar-refractivity contribution in [1.82, 2.24) is 10.2 Å². The quantitative estimate of drug-likeness (QED) is 0.507. The van der Waals surface area contributed by atoms with Crippen molar-refractivity contribution in [3.63, 3.8) is 0 Å². The van der Waals surface area contributed by atoms with E-state index in [1.165, 1.54) is 0 Å². The fraction of sp³-hybridized carbons (Fsp3) is 0.433. The predicted molar refractivity (Wildman–Crippen MR) is 146 cm³/mol. The minimum atomic E-state index is -1.22. The van der Waals surface area contributed by atoms with Gasteiger partial charge in [0.2, 0.25) is 17.7 Å². The van der Waals surface area contributed by atoms with Crippen LogP contribution >= 0.6 is 11.6 Å². The van der Waals surface area contributed by atoms with Gasteiger partial charge in [0.1, 0.15) is 17.4 Å². The van der Waals surface area contributed by atoms with Gasteiger partial charge in [0, 0.05) is 29.4 Å². The maximum absolute atomic E-state index is 14.2. The zero-order chi connectivity index (χ0) is 27.1. The van der Waals surface area contributed by atoms with Gasteiger partial charge in [0.15, 0.2) is 0 Å². The van der Waals surface area contributed by atoms with E-state index in [1.807, 2.05) is 30.4 Å². The maximum Gasteiger partial charge on any atom is 0.246 e. The monoisotopic (exact) mass is 549 g/mol. The van der Waals surface area contributed by atoms with E-state index in [4.69, 9.17) is 21.1 Å². The number of nitrogens with zero attached hydrogens (tertiary/aromatic N) is 1. The van der Waals surface area contributed by atoms with Crippen LogP contribution in [0.4, 0.5) is 5.69 Å². The van der Waals surface area contributed by atoms with Crippen molar-refractivity contribution in [1.29, 1.82) is 0 Å². The van der Waals surface area contributed by atoms with Gasteiger partial charge in [-0.05, 0) is 36.6 Å². The Morgan fingerprint density at radius 3 is 2.67 bits per heavy atom. The average Bonchev–Trinajstić information content (AvgIpc) is 3.58. The number of halogens is 1. The van der Waals surface area contributed by atoms with E-state index in [2.05, 4.69) is 10.6 Å². The lowest BCUT2D eigenvalue weighted by Crippen LogP contribution is -2.56. The molecule has 1 saturated carbocycles. The minimum Gasteiger partial charge on any atom is -0.497 e. The summed E-state index contributed by atoms with van der Waals surface area (Å²) in [5, 5.41) is 6.65. The summed E-state index contributed by atoms with van der Waals surface area (Å²) in [6.07, 6.45) is 8.17. The van der Waals surface area contributed by atoms with Crippen LogP contribution in [0, 0.1) is 11.8 Å². The number of fused-ring (bicyclic) bond motifs is 1. The van der Waals surface area contributed by atoms with E-state index < -0.39 is 29.6 Å². The van der Waals surface area contributed by atoms with Crippen molar-refractivity contribution in [3.05, 3.63) is 71.3 Å². The summed E-state index contributed by atoms with van der Waals surface area (Å²) in [7, 11) is 1.56. The largest absolute Gasteiger partial charge is 0.497 e. The highest BCUT2D eigenvalue weighted by atomic mass is 35.5. The Hall–Kier alpha value is -3.36. The summed E-state index contributed by atoms with van der Waals surface area (Å²) in [5.74, 6) is -1.86. The Balaban J connectivity index is 1.33. The lowest BCUT2D eigenvalue weighted by molar-refractivity contribution is -0.142. The molecule has 2 bridgehead atoms. The molecule has 3 heterocycles. The topological polar surface area (TPSA) is 97.0 Å². The highest BCUT2D eigenvalue weighted by Crippen LogP contribution is 2.55. The first-order valence-corrected chi connectivity index (χ1v) is 14.0. The normalized spacial score (nSPS) is 29.4. The first-order chi connectivity index (χ1) is 18.9. The Labute approximate surface area is 232 Å². The van der Waals surface area contributed by atoms with E-state index in [0.29, 0.717) is 16.5 Å². The van der Waals surface area contributed by atoms with Crippen molar-refractivity contribution < 1.29 is 23.9 Å². The van der Waals surface area contributed by atoms with Crippen LogP contribution in [0.25, 0.3) is 0 Å². The van der Waals surface area contributed by atoms with Crippen molar-refractivity contribution in [3.8, 4) is 5.75 Å². The third-order valence-electron chi connectivity index (χ3n) is 8.51. The number of anilines is 1. The van der Waals surface area contributed by atoms with Crippen LogP contribution in [-0.4, -0.2) is 53.5 Å². The molecule has 0 unspecified atom stereocenters. The molecule has 6 rings (SSSR count). The van der Waals surface area contributed by atoms with Crippen LogP contribution in [0.2, 0.25) is 5.02 Å². The number of likely N-dealkylation sites (tertiary alicyclic amines) is 1. The summed E-state index contributed by atoms with van der Waals surface area (Å²) in [4.78, 5) is 43.3. The lowest BCUT2D eigenvalue weighted by Gasteiger charge is -2.34. The Morgan fingerprint density at radius 1 is 1.10 bits per heavy atom. The summed E-state index contributed by atoms with van der Waals surface area (Å²) < 4.78 is 11.7. The molecule has 0 radical (unpaired) electrons. The van der Waals surface area contributed by atoms with Crippen molar-refractivity contribution in [2.24, 2.45) is 11.8 Å². The highest BCUT2D eigenvalue weighted by molar-refractivity contribution is 6.31.